The number of hydrogen-bond donors (Lipinski definition) is 0. The molecule has 0 bridgehead atoms. The van der Waals surface area contributed by atoms with E-state index in [-0.39, 0.29) is 107 Å². The molecule has 8 aromatic carbocycles. The number of allylic oxidation sites excluding steroid dienone is 4. The van der Waals surface area contributed by atoms with Crippen LogP contribution in [0.15, 0.2) is 239 Å². The Morgan fingerprint density at radius 2 is 0.656 bits per heavy atom. The second-order valence-electron chi connectivity index (χ2n) is 29.7. The molecule has 0 N–H and O–H groups in total. The van der Waals surface area contributed by atoms with Gasteiger partial charge in [-0.2, -0.15) is 36.9 Å². The lowest BCUT2D eigenvalue weighted by atomic mass is 9.83. The van der Waals surface area contributed by atoms with E-state index >= 15 is 0 Å². The highest BCUT2D eigenvalue weighted by Gasteiger charge is 2.42. The van der Waals surface area contributed by atoms with Crippen LogP contribution in [0.1, 0.15) is 144 Å². The van der Waals surface area contributed by atoms with Gasteiger partial charge in [-0.1, -0.05) is 150 Å². The van der Waals surface area contributed by atoms with Crippen LogP contribution >= 0.6 is 46.4 Å². The number of hydrogen-bond acceptors (Lipinski definition) is 18. The average Bonchev–Trinajstić information content (AvgIpc) is 0.789. The van der Waals surface area contributed by atoms with E-state index in [9.17, 15) is 70.0 Å². The summed E-state index contributed by atoms with van der Waals surface area (Å²) in [7, 11) is 6.15. The third-order valence-electron chi connectivity index (χ3n) is 21.5. The van der Waals surface area contributed by atoms with Crippen LogP contribution in [-0.2, 0) is 115 Å². The third-order valence-corrected chi connectivity index (χ3v) is 22.5. The fourth-order valence-corrected chi connectivity index (χ4v) is 15.4. The zero-order valence-electron chi connectivity index (χ0n) is 71.1. The lowest BCUT2D eigenvalue weighted by Crippen LogP contribution is -2.40. The number of alkyl halides is 6. The van der Waals surface area contributed by atoms with E-state index in [2.05, 4.69) is 12.1 Å². The van der Waals surface area contributed by atoms with Gasteiger partial charge < -0.3 is 57.5 Å². The topological polar surface area (TPSA) is 271 Å². The maximum absolute atomic E-state index is 13.2. The first kappa shape index (κ1) is 99.8. The van der Waals surface area contributed by atoms with E-state index in [4.69, 9.17) is 89.6 Å². The fourth-order valence-electron chi connectivity index (χ4n) is 14.9. The summed E-state index contributed by atoms with van der Waals surface area (Å²) in [6.07, 6.45) is -8.54. The second kappa shape index (κ2) is 47.2. The molecule has 0 fully saturated rings. The molecular formula is C96H92Cl4F6N6O16. The summed E-state index contributed by atoms with van der Waals surface area (Å²) in [5, 5.41) is 20.5. The van der Waals surface area contributed by atoms with Crippen LogP contribution in [-0.4, -0.2) is 148 Å². The Kier molecular flexibility index (Phi) is 36.8. The summed E-state index contributed by atoms with van der Waals surface area (Å²) >= 11 is 24.0. The number of rotatable bonds is 28. The van der Waals surface area contributed by atoms with E-state index in [0.29, 0.717) is 120 Å². The van der Waals surface area contributed by atoms with Gasteiger partial charge in [-0.15, -0.1) is 0 Å². The molecule has 0 aromatic heterocycles. The second-order valence-corrected chi connectivity index (χ2v) is 31.4. The molecule has 4 unspecified atom stereocenters. The van der Waals surface area contributed by atoms with E-state index in [0.717, 1.165) is 46.5 Å². The minimum absolute atomic E-state index is 0.0291. The number of benzene rings is 8. The maximum atomic E-state index is 13.2. The summed E-state index contributed by atoms with van der Waals surface area (Å²) in [5.41, 5.74) is 7.86. The normalized spacial score (nSPS) is 16.6. The van der Waals surface area contributed by atoms with E-state index in [1.54, 1.807) is 173 Å². The van der Waals surface area contributed by atoms with Crippen molar-refractivity contribution in [1.82, 2.24) is 19.6 Å². The van der Waals surface area contributed by atoms with Crippen molar-refractivity contribution in [2.75, 3.05) is 81.0 Å². The van der Waals surface area contributed by atoms with Crippen molar-refractivity contribution in [2.24, 2.45) is 0 Å². The fraction of sp³-hybridized carbons (Fsp3) is 0.312. The minimum Gasteiger partial charge on any atom is -0.457 e. The van der Waals surface area contributed by atoms with Gasteiger partial charge in [0.15, 0.2) is 0 Å². The number of nitrogens with zero attached hydrogens (tertiary/aromatic N) is 6. The first-order valence-corrected chi connectivity index (χ1v) is 41.6. The highest BCUT2D eigenvalue weighted by atomic mass is 35.5. The quantitative estimate of drug-likeness (QED) is 0.0250. The van der Waals surface area contributed by atoms with Gasteiger partial charge in [0.2, 0.25) is 23.6 Å². The first-order chi connectivity index (χ1) is 61.1. The zero-order valence-corrected chi connectivity index (χ0v) is 74.1. The maximum Gasteiger partial charge on any atom is 0.416 e. The Bertz CT molecular complexity index is 5520. The summed E-state index contributed by atoms with van der Waals surface area (Å²) in [4.78, 5) is 110. The molecule has 22 nitrogen and oxygen atoms in total. The predicted octanol–water partition coefficient (Wildman–Crippen LogP) is 19.1. The standard InChI is InChI=1S/2C24H23ClF3NO4.2C24H23ClN2O4/c1-15-22(23(31)33-14-16-3-7-18(8-4-16)24(26,27)28)20(17-5-9-19(25)10-6-17)13-21(30)29(15)11-12-32-2;1-15-22(23(31)33-14-16-4-3-5-18(12-16)24(26,27)28)20(17-6-8-19(25)9-7-17)13-21(30)29(15)10-11-32-2;1-16-23(24(29)31-15-18-5-3-4-17(12-18)14-26)21(19-6-8-20(25)9-7-19)13-22(28)27(16)10-11-30-2;1-16-23(24(29)31-15-19-6-4-3-5-18(19)14-26)21(17-7-9-20(25)10-8-17)13-22(28)27(16)11-12-30-2/h3-10,20H,11-14H2,1-2H3;3-9,12,20H,10-11,13-14H2,1-2H3;3-9,12,21H,10-11,13,15H2,1-2H3;3-10,21H,11-13,15H2,1-2H3. The number of carbonyl (C=O) groups excluding carboxylic acids is 8. The average molecular weight is 1840 g/mol. The molecule has 0 aliphatic carbocycles. The van der Waals surface area contributed by atoms with E-state index in [1.807, 2.05) is 24.3 Å². The number of nitriles is 2. The molecule has 4 heterocycles. The molecule has 4 amide bonds. The van der Waals surface area contributed by atoms with Crippen LogP contribution in [0.5, 0.6) is 0 Å². The molecule has 0 saturated heterocycles. The summed E-state index contributed by atoms with van der Waals surface area (Å²) in [6.45, 7) is 8.82. The van der Waals surface area contributed by atoms with Crippen molar-refractivity contribution >= 4 is 93.9 Å². The lowest BCUT2D eigenvalue weighted by Gasteiger charge is -2.34. The third kappa shape index (κ3) is 26.8. The minimum atomic E-state index is -4.50. The van der Waals surface area contributed by atoms with Crippen molar-refractivity contribution in [2.45, 2.75) is 116 Å². The van der Waals surface area contributed by atoms with Crippen molar-refractivity contribution in [3.63, 3.8) is 0 Å². The van der Waals surface area contributed by atoms with Crippen LogP contribution in [0.3, 0.4) is 0 Å². The Balaban J connectivity index is 0.000000193. The molecule has 8 aromatic rings. The number of carbonyl (C=O) groups is 8. The number of esters is 4. The molecule has 4 atom stereocenters. The van der Waals surface area contributed by atoms with Crippen LogP contribution in [0.4, 0.5) is 26.3 Å². The zero-order chi connectivity index (χ0) is 93.1. The van der Waals surface area contributed by atoms with Gasteiger partial charge in [0.1, 0.15) is 26.4 Å². The van der Waals surface area contributed by atoms with Gasteiger partial charge in [0.25, 0.3) is 0 Å². The molecule has 4 aliphatic heterocycles. The van der Waals surface area contributed by atoms with Gasteiger partial charge >= 0.3 is 36.2 Å². The molecule has 0 radical (unpaired) electrons. The van der Waals surface area contributed by atoms with Gasteiger partial charge in [-0.05, 0) is 158 Å². The van der Waals surface area contributed by atoms with Crippen LogP contribution in [0.2, 0.25) is 20.1 Å². The predicted molar refractivity (Wildman–Crippen MR) is 465 cm³/mol. The lowest BCUT2D eigenvalue weighted by molar-refractivity contribution is -0.143. The van der Waals surface area contributed by atoms with Gasteiger partial charge in [0.05, 0.1) is 83.1 Å². The number of halogens is 10. The molecule has 0 saturated carbocycles. The Labute approximate surface area is 757 Å². The largest absolute Gasteiger partial charge is 0.457 e. The van der Waals surface area contributed by atoms with Crippen LogP contribution in [0, 0.1) is 22.7 Å². The highest BCUT2D eigenvalue weighted by Crippen LogP contribution is 2.43. The van der Waals surface area contributed by atoms with Gasteiger partial charge in [-0.25, -0.2) is 19.2 Å². The molecular weight excluding hydrogens is 1750 g/mol. The Morgan fingerprint density at radius 1 is 0.359 bits per heavy atom. The van der Waals surface area contributed by atoms with Gasteiger partial charge in [-0.3, -0.25) is 19.2 Å². The van der Waals surface area contributed by atoms with Crippen LogP contribution in [0.25, 0.3) is 0 Å². The molecule has 128 heavy (non-hydrogen) atoms. The van der Waals surface area contributed by atoms with Gasteiger partial charge in [0, 0.05) is 152 Å². The molecule has 4 aliphatic rings. The molecule has 672 valence electrons. The summed E-state index contributed by atoms with van der Waals surface area (Å²) < 4.78 is 120. The molecule has 0 spiro atoms. The van der Waals surface area contributed by atoms with Crippen molar-refractivity contribution in [3.8, 4) is 12.1 Å². The van der Waals surface area contributed by atoms with Crippen molar-refractivity contribution in [1.29, 1.82) is 10.5 Å². The van der Waals surface area contributed by atoms with Crippen LogP contribution < -0.4 is 0 Å². The Morgan fingerprint density at radius 3 is 0.961 bits per heavy atom. The first-order valence-electron chi connectivity index (χ1n) is 40.1. The van der Waals surface area contributed by atoms with E-state index < -0.39 is 71.0 Å². The molecule has 32 heteroatoms. The highest BCUT2D eigenvalue weighted by molar-refractivity contribution is 6.31. The van der Waals surface area contributed by atoms with Crippen molar-refractivity contribution in [3.05, 3.63) is 326 Å². The van der Waals surface area contributed by atoms with E-state index in [1.165, 1.54) is 48.3 Å². The Hall–Kier alpha value is -12.0. The smallest absolute Gasteiger partial charge is 0.416 e. The number of amides is 4. The number of ether oxygens (including phenoxy) is 8. The SMILES string of the molecule is COCCN1C(=O)CC(c2ccc(Cl)cc2)C(C(=O)OCc2ccc(C(F)(F)F)cc2)=C1C.COCCN1C(=O)CC(c2ccc(Cl)cc2)C(C(=O)OCc2cccc(C#N)c2)=C1C.COCCN1C(=O)CC(c2ccc(Cl)cc2)C(C(=O)OCc2cccc(C(F)(F)F)c2)=C1C.COCCN1C(=O)CC(c2ccc(Cl)cc2)C(C(=O)OCc2ccccc2C#N)=C1C. The summed E-state index contributed by atoms with van der Waals surface area (Å²) in [6, 6.07) is 55.0. The molecule has 12 rings (SSSR count). The summed E-state index contributed by atoms with van der Waals surface area (Å²) in [5.74, 6) is -4.78. The monoisotopic (exact) mass is 1840 g/mol. The number of methoxy groups -OCH3 is 4. The van der Waals surface area contributed by atoms with Crippen molar-refractivity contribution < 1.29 is 103 Å².